The average Bonchev–Trinajstić information content (AvgIpc) is 2.91. The van der Waals surface area contributed by atoms with Crippen molar-refractivity contribution in [2.75, 3.05) is 26.1 Å². The predicted molar refractivity (Wildman–Crippen MR) is 102 cm³/mol. The number of nitrogens with one attached hydrogen (secondary N) is 1. The summed E-state index contributed by atoms with van der Waals surface area (Å²) in [6.07, 6.45) is 0. The molecule has 3 rings (SSSR count). The third kappa shape index (κ3) is 3.47. The van der Waals surface area contributed by atoms with Crippen LogP contribution in [0.1, 0.15) is 38.0 Å². The van der Waals surface area contributed by atoms with Crippen LogP contribution in [0, 0.1) is 10.1 Å². The first kappa shape index (κ1) is 19.8. The van der Waals surface area contributed by atoms with E-state index in [1.807, 2.05) is 0 Å². The van der Waals surface area contributed by atoms with Crippen LogP contribution in [0.2, 0.25) is 0 Å². The van der Waals surface area contributed by atoms with Gasteiger partial charge >= 0.3 is 0 Å². The number of imide groups is 1. The number of rotatable bonds is 6. The van der Waals surface area contributed by atoms with E-state index in [4.69, 9.17) is 9.47 Å². The molecule has 29 heavy (non-hydrogen) atoms. The highest BCUT2D eigenvalue weighted by Crippen LogP contribution is 2.35. The van der Waals surface area contributed by atoms with Crippen molar-refractivity contribution in [3.63, 3.8) is 0 Å². The van der Waals surface area contributed by atoms with Gasteiger partial charge in [-0.2, -0.15) is 0 Å². The Hall–Kier alpha value is -3.95. The molecule has 0 fully saturated rings. The maximum Gasteiger partial charge on any atom is 0.286 e. The summed E-state index contributed by atoms with van der Waals surface area (Å²) in [7, 11) is 2.69. The summed E-state index contributed by atoms with van der Waals surface area (Å²) in [4.78, 5) is 48.5. The van der Waals surface area contributed by atoms with Crippen LogP contribution < -0.4 is 14.8 Å². The Morgan fingerprint density at radius 3 is 2.45 bits per heavy atom. The lowest BCUT2D eigenvalue weighted by Gasteiger charge is -2.12. The smallest absolute Gasteiger partial charge is 0.286 e. The molecule has 0 atom stereocenters. The molecule has 1 aliphatic rings. The van der Waals surface area contributed by atoms with E-state index in [0.717, 1.165) is 11.0 Å². The third-order valence-corrected chi connectivity index (χ3v) is 4.37. The van der Waals surface area contributed by atoms with E-state index in [-0.39, 0.29) is 40.5 Å². The average molecular weight is 399 g/mol. The molecule has 0 aliphatic carbocycles. The Morgan fingerprint density at radius 2 is 1.83 bits per heavy atom. The van der Waals surface area contributed by atoms with E-state index in [1.165, 1.54) is 38.4 Å². The van der Waals surface area contributed by atoms with Crippen LogP contribution >= 0.6 is 0 Å². The molecule has 0 saturated heterocycles. The van der Waals surface area contributed by atoms with Gasteiger partial charge in [-0.15, -0.1) is 0 Å². The summed E-state index contributed by atoms with van der Waals surface area (Å²) in [6, 6.07) is 6.56. The van der Waals surface area contributed by atoms with Gasteiger partial charge < -0.3 is 14.8 Å². The lowest BCUT2D eigenvalue weighted by molar-refractivity contribution is -0.385. The molecule has 1 N–H and O–H groups in total. The minimum Gasteiger partial charge on any atom is -0.493 e. The number of nitro benzene ring substituents is 1. The van der Waals surface area contributed by atoms with E-state index in [9.17, 15) is 24.5 Å². The molecule has 2 aromatic rings. The number of hydrogen-bond donors (Lipinski definition) is 1. The quantitative estimate of drug-likeness (QED) is 0.449. The molecule has 0 saturated carbocycles. The molecular weight excluding hydrogens is 382 g/mol. The number of hydrogen-bond acceptors (Lipinski definition) is 7. The number of fused-ring (bicyclic) bond motifs is 1. The molecule has 3 amide bonds. The van der Waals surface area contributed by atoms with Crippen molar-refractivity contribution in [2.24, 2.45) is 0 Å². The van der Waals surface area contributed by atoms with Gasteiger partial charge in [-0.1, -0.05) is 0 Å². The van der Waals surface area contributed by atoms with Crippen LogP contribution in [0.3, 0.4) is 0 Å². The van der Waals surface area contributed by atoms with Crippen LogP contribution in [0.15, 0.2) is 30.3 Å². The number of amides is 3. The number of carbonyl (C=O) groups is 3. The highest BCUT2D eigenvalue weighted by molar-refractivity contribution is 6.21. The first-order chi connectivity index (χ1) is 13.8. The summed E-state index contributed by atoms with van der Waals surface area (Å²) in [5, 5.41) is 13.9. The molecule has 0 unspecified atom stereocenters. The van der Waals surface area contributed by atoms with E-state index >= 15 is 0 Å². The molecule has 10 nitrogen and oxygen atoms in total. The van der Waals surface area contributed by atoms with Gasteiger partial charge in [0.05, 0.1) is 35.8 Å². The van der Waals surface area contributed by atoms with Gasteiger partial charge in [-0.3, -0.25) is 29.4 Å². The first-order valence-electron chi connectivity index (χ1n) is 8.55. The van der Waals surface area contributed by atoms with Crippen molar-refractivity contribution >= 4 is 29.1 Å². The molecule has 1 heterocycles. The molecule has 1 aliphatic heterocycles. The summed E-state index contributed by atoms with van der Waals surface area (Å²) >= 11 is 0. The van der Waals surface area contributed by atoms with Gasteiger partial charge in [-0.25, -0.2) is 0 Å². The molecular formula is C19H17N3O7. The van der Waals surface area contributed by atoms with Crippen molar-refractivity contribution in [3.05, 3.63) is 57.1 Å². The second-order valence-corrected chi connectivity index (χ2v) is 6.09. The SMILES string of the molecule is CCOc1cc(C(=O)Nc2ccc3c(c2)C(=O)N(C)C3=O)c([N+](=O)[O-])cc1OC. The molecule has 10 heteroatoms. The topological polar surface area (TPSA) is 128 Å². The van der Waals surface area contributed by atoms with Crippen LogP contribution in [-0.2, 0) is 0 Å². The molecule has 0 radical (unpaired) electrons. The highest BCUT2D eigenvalue weighted by atomic mass is 16.6. The fourth-order valence-corrected chi connectivity index (χ4v) is 2.95. The normalized spacial score (nSPS) is 12.6. The first-order valence-corrected chi connectivity index (χ1v) is 8.55. The van der Waals surface area contributed by atoms with Crippen LogP contribution in [0.5, 0.6) is 11.5 Å². The number of methoxy groups -OCH3 is 1. The minimum absolute atomic E-state index is 0.125. The maximum atomic E-state index is 12.7. The fraction of sp³-hybridized carbons (Fsp3) is 0.211. The lowest BCUT2D eigenvalue weighted by atomic mass is 10.1. The van der Waals surface area contributed by atoms with Crippen LogP contribution in [0.25, 0.3) is 0 Å². The zero-order valence-corrected chi connectivity index (χ0v) is 15.8. The Bertz CT molecular complexity index is 1050. The second kappa shape index (κ2) is 7.58. The summed E-state index contributed by atoms with van der Waals surface area (Å²) in [6.45, 7) is 1.99. The van der Waals surface area contributed by atoms with E-state index in [0.29, 0.717) is 0 Å². The predicted octanol–water partition coefficient (Wildman–Crippen LogP) is 2.48. The largest absolute Gasteiger partial charge is 0.493 e. The fourth-order valence-electron chi connectivity index (χ4n) is 2.95. The third-order valence-electron chi connectivity index (χ3n) is 4.37. The maximum absolute atomic E-state index is 12.7. The van der Waals surface area contributed by atoms with Gasteiger partial charge in [0.2, 0.25) is 0 Å². The zero-order valence-electron chi connectivity index (χ0n) is 15.8. The van der Waals surface area contributed by atoms with Crippen molar-refractivity contribution in [1.82, 2.24) is 4.90 Å². The zero-order chi connectivity index (χ0) is 21.3. The Kier molecular flexibility index (Phi) is 5.18. The molecule has 150 valence electrons. The van der Waals surface area contributed by atoms with Crippen molar-refractivity contribution < 1.29 is 28.8 Å². The molecule has 0 spiro atoms. The summed E-state index contributed by atoms with van der Waals surface area (Å²) in [5.41, 5.74) is -0.110. The van der Waals surface area contributed by atoms with Crippen molar-refractivity contribution in [3.8, 4) is 11.5 Å². The van der Waals surface area contributed by atoms with Gasteiger partial charge in [0.25, 0.3) is 23.4 Å². The molecule has 2 aromatic carbocycles. The number of carbonyl (C=O) groups excluding carboxylic acids is 3. The molecule has 0 aromatic heterocycles. The van der Waals surface area contributed by atoms with Gasteiger partial charge in [0, 0.05) is 18.8 Å². The van der Waals surface area contributed by atoms with Crippen LogP contribution in [0.4, 0.5) is 11.4 Å². The van der Waals surface area contributed by atoms with Gasteiger partial charge in [-0.05, 0) is 25.1 Å². The highest BCUT2D eigenvalue weighted by Gasteiger charge is 2.33. The summed E-state index contributed by atoms with van der Waals surface area (Å²) in [5.74, 6) is -1.39. The van der Waals surface area contributed by atoms with Gasteiger partial charge in [0.15, 0.2) is 11.5 Å². The Balaban J connectivity index is 1.97. The number of nitro groups is 1. The standard InChI is InChI=1S/C19H17N3O7/c1-4-29-16-8-13(14(22(26)27)9-15(16)28-3)17(23)20-10-5-6-11-12(7-10)19(25)21(2)18(11)24/h5-9H,4H2,1-3H3,(H,20,23). The van der Waals surface area contributed by atoms with Crippen LogP contribution in [-0.4, -0.2) is 48.3 Å². The number of anilines is 1. The second-order valence-electron chi connectivity index (χ2n) is 6.09. The van der Waals surface area contributed by atoms with E-state index in [2.05, 4.69) is 5.32 Å². The Labute approximate surface area is 165 Å². The number of benzene rings is 2. The number of ether oxygens (including phenoxy) is 2. The van der Waals surface area contributed by atoms with E-state index < -0.39 is 28.3 Å². The monoisotopic (exact) mass is 399 g/mol. The summed E-state index contributed by atoms with van der Waals surface area (Å²) < 4.78 is 10.5. The minimum atomic E-state index is -0.773. The van der Waals surface area contributed by atoms with Crippen molar-refractivity contribution in [2.45, 2.75) is 6.92 Å². The Morgan fingerprint density at radius 1 is 1.14 bits per heavy atom. The number of nitrogens with zero attached hydrogens (tertiary/aromatic N) is 2. The molecule has 0 bridgehead atoms. The van der Waals surface area contributed by atoms with E-state index in [1.54, 1.807) is 6.92 Å². The van der Waals surface area contributed by atoms with Crippen molar-refractivity contribution in [1.29, 1.82) is 0 Å². The lowest BCUT2D eigenvalue weighted by Crippen LogP contribution is -2.24. The van der Waals surface area contributed by atoms with Gasteiger partial charge in [0.1, 0.15) is 5.56 Å².